The molecule has 4 nitrogen and oxygen atoms in total. The number of anilines is 1. The maximum absolute atomic E-state index is 14.9. The number of hydrogen-bond acceptors (Lipinski definition) is 3. The number of carbonyl (C=O) groups excluding carboxylic acids is 1. The molecule has 0 aromatic heterocycles. The number of phenolic OH excluding ortho intramolecular Hbond substituents is 1. The summed E-state index contributed by atoms with van der Waals surface area (Å²) in [6.07, 6.45) is 0.164. The van der Waals surface area contributed by atoms with Crippen molar-refractivity contribution in [1.82, 2.24) is 4.90 Å². The minimum absolute atomic E-state index is 0.0847. The summed E-state index contributed by atoms with van der Waals surface area (Å²) in [5.41, 5.74) is 1.98. The van der Waals surface area contributed by atoms with Crippen molar-refractivity contribution >= 4 is 11.6 Å². The number of halogens is 2. The van der Waals surface area contributed by atoms with Crippen molar-refractivity contribution in [2.24, 2.45) is 0 Å². The SMILES string of the molecule is Cc1ccc(N2CC[C@@H](N3CC[C@H](c4ccc(O)cc4)[C@@H](F)C3)C2=O)cc1F. The van der Waals surface area contributed by atoms with Gasteiger partial charge in [0.1, 0.15) is 17.7 Å². The van der Waals surface area contributed by atoms with Crippen molar-refractivity contribution in [3.05, 3.63) is 59.4 Å². The number of alkyl halides is 1. The van der Waals surface area contributed by atoms with Gasteiger partial charge in [-0.1, -0.05) is 18.2 Å². The van der Waals surface area contributed by atoms with E-state index in [4.69, 9.17) is 0 Å². The van der Waals surface area contributed by atoms with E-state index in [1.165, 1.54) is 6.07 Å². The molecule has 2 aliphatic heterocycles. The molecule has 2 saturated heterocycles. The van der Waals surface area contributed by atoms with Gasteiger partial charge in [0, 0.05) is 24.7 Å². The first-order valence-electron chi connectivity index (χ1n) is 9.68. The molecule has 0 saturated carbocycles. The van der Waals surface area contributed by atoms with Crippen molar-refractivity contribution in [2.75, 3.05) is 24.5 Å². The zero-order valence-corrected chi connectivity index (χ0v) is 15.8. The number of rotatable bonds is 3. The standard InChI is InChI=1S/C22H24F2N2O2/c1-14-2-5-16(12-19(14)23)26-11-9-21(22(26)28)25-10-8-18(20(24)13-25)15-3-6-17(27)7-4-15/h2-7,12,18,20-21,27H,8-11,13H2,1H3/t18-,20+,21-/m1/s1. The highest BCUT2D eigenvalue weighted by Crippen LogP contribution is 2.34. The van der Waals surface area contributed by atoms with E-state index in [1.807, 2.05) is 4.90 Å². The Morgan fingerprint density at radius 2 is 1.82 bits per heavy atom. The van der Waals surface area contributed by atoms with Gasteiger partial charge in [0.25, 0.3) is 0 Å². The van der Waals surface area contributed by atoms with Crippen LogP contribution in [0.3, 0.4) is 0 Å². The molecule has 0 radical (unpaired) electrons. The monoisotopic (exact) mass is 386 g/mol. The van der Waals surface area contributed by atoms with Crippen LogP contribution in [0.2, 0.25) is 0 Å². The quantitative estimate of drug-likeness (QED) is 0.873. The van der Waals surface area contributed by atoms with Crippen molar-refractivity contribution in [2.45, 2.75) is 37.9 Å². The first-order valence-corrected chi connectivity index (χ1v) is 9.68. The lowest BCUT2D eigenvalue weighted by molar-refractivity contribution is -0.122. The Morgan fingerprint density at radius 3 is 2.50 bits per heavy atom. The van der Waals surface area contributed by atoms with E-state index in [1.54, 1.807) is 48.2 Å². The molecule has 6 heteroatoms. The summed E-state index contributed by atoms with van der Waals surface area (Å²) in [4.78, 5) is 16.4. The van der Waals surface area contributed by atoms with Gasteiger partial charge in [0.05, 0.1) is 6.04 Å². The third-order valence-electron chi connectivity index (χ3n) is 5.98. The minimum atomic E-state index is -1.07. The lowest BCUT2D eigenvalue weighted by Crippen LogP contribution is -2.49. The fourth-order valence-electron chi connectivity index (χ4n) is 4.32. The molecular formula is C22H24F2N2O2. The first-order chi connectivity index (χ1) is 13.4. The van der Waals surface area contributed by atoms with Crippen LogP contribution in [-0.2, 0) is 4.79 Å². The Kier molecular flexibility index (Phi) is 5.06. The summed E-state index contributed by atoms with van der Waals surface area (Å²) in [6.45, 7) is 3.05. The molecular weight excluding hydrogens is 362 g/mol. The summed E-state index contributed by atoms with van der Waals surface area (Å²) in [7, 11) is 0. The predicted octanol–water partition coefficient (Wildman–Crippen LogP) is 3.77. The zero-order chi connectivity index (χ0) is 19.8. The van der Waals surface area contributed by atoms with E-state index in [9.17, 15) is 18.7 Å². The average Bonchev–Trinajstić information content (AvgIpc) is 3.06. The van der Waals surface area contributed by atoms with Gasteiger partial charge in [-0.2, -0.15) is 0 Å². The summed E-state index contributed by atoms with van der Waals surface area (Å²) >= 11 is 0. The van der Waals surface area contributed by atoms with Gasteiger partial charge in [-0.25, -0.2) is 8.78 Å². The lowest BCUT2D eigenvalue weighted by Gasteiger charge is -2.37. The Labute approximate surface area is 163 Å². The molecule has 2 fully saturated rings. The molecule has 2 aromatic rings. The van der Waals surface area contributed by atoms with Crippen LogP contribution in [0.25, 0.3) is 0 Å². The molecule has 4 rings (SSSR count). The maximum Gasteiger partial charge on any atom is 0.244 e. The molecule has 28 heavy (non-hydrogen) atoms. The van der Waals surface area contributed by atoms with Gasteiger partial charge in [0.15, 0.2) is 0 Å². The van der Waals surface area contributed by atoms with Crippen molar-refractivity contribution in [3.63, 3.8) is 0 Å². The highest BCUT2D eigenvalue weighted by atomic mass is 19.1. The molecule has 1 N–H and O–H groups in total. The molecule has 0 aliphatic carbocycles. The van der Waals surface area contributed by atoms with Crippen LogP contribution >= 0.6 is 0 Å². The zero-order valence-electron chi connectivity index (χ0n) is 15.8. The molecule has 0 unspecified atom stereocenters. The number of carbonyl (C=O) groups is 1. The Morgan fingerprint density at radius 1 is 1.07 bits per heavy atom. The van der Waals surface area contributed by atoms with Crippen LogP contribution in [0.15, 0.2) is 42.5 Å². The second-order valence-corrected chi connectivity index (χ2v) is 7.73. The number of benzene rings is 2. The Bertz CT molecular complexity index is 871. The smallest absolute Gasteiger partial charge is 0.244 e. The number of likely N-dealkylation sites (tertiary alicyclic amines) is 1. The number of amides is 1. The third-order valence-corrected chi connectivity index (χ3v) is 5.98. The molecule has 2 aliphatic rings. The van der Waals surface area contributed by atoms with Crippen LogP contribution in [0.1, 0.15) is 29.9 Å². The number of phenols is 1. The van der Waals surface area contributed by atoms with E-state index in [-0.39, 0.29) is 36.0 Å². The van der Waals surface area contributed by atoms with Crippen molar-refractivity contribution in [1.29, 1.82) is 0 Å². The van der Waals surface area contributed by atoms with Crippen molar-refractivity contribution in [3.8, 4) is 5.75 Å². The van der Waals surface area contributed by atoms with E-state index < -0.39 is 6.17 Å². The number of aryl methyl sites for hydroxylation is 1. The van der Waals surface area contributed by atoms with Gasteiger partial charge in [0.2, 0.25) is 5.91 Å². The van der Waals surface area contributed by atoms with E-state index in [2.05, 4.69) is 0 Å². The first kappa shape index (κ1) is 18.9. The number of piperidine rings is 1. The highest BCUT2D eigenvalue weighted by Gasteiger charge is 2.41. The molecule has 0 spiro atoms. The molecule has 1 amide bonds. The lowest BCUT2D eigenvalue weighted by atomic mass is 9.87. The normalized spacial score (nSPS) is 26.0. The second kappa shape index (κ2) is 7.51. The summed E-state index contributed by atoms with van der Waals surface area (Å²) in [5.74, 6) is -0.470. The van der Waals surface area contributed by atoms with Crippen LogP contribution in [0.4, 0.5) is 14.5 Å². The molecule has 2 aromatic carbocycles. The molecule has 0 bridgehead atoms. The number of aromatic hydroxyl groups is 1. The second-order valence-electron chi connectivity index (χ2n) is 7.73. The fourth-order valence-corrected chi connectivity index (χ4v) is 4.32. The van der Waals surface area contributed by atoms with Gasteiger partial charge >= 0.3 is 0 Å². The van der Waals surface area contributed by atoms with Gasteiger partial charge < -0.3 is 10.0 Å². The van der Waals surface area contributed by atoms with Gasteiger partial charge in [-0.15, -0.1) is 0 Å². The summed E-state index contributed by atoms with van der Waals surface area (Å²) in [5, 5.41) is 9.42. The van der Waals surface area contributed by atoms with Gasteiger partial charge in [-0.05, 0) is 61.7 Å². The molecule has 2 heterocycles. The molecule has 3 atom stereocenters. The van der Waals surface area contributed by atoms with E-state index in [0.717, 1.165) is 5.56 Å². The number of nitrogens with zero attached hydrogens (tertiary/aromatic N) is 2. The summed E-state index contributed by atoms with van der Waals surface area (Å²) in [6, 6.07) is 11.1. The Hall–Kier alpha value is -2.47. The molecule has 148 valence electrons. The third kappa shape index (κ3) is 3.49. The predicted molar refractivity (Wildman–Crippen MR) is 104 cm³/mol. The highest BCUT2D eigenvalue weighted by molar-refractivity contribution is 5.99. The van der Waals surface area contributed by atoms with Crippen LogP contribution < -0.4 is 4.90 Å². The van der Waals surface area contributed by atoms with E-state index in [0.29, 0.717) is 37.2 Å². The fraction of sp³-hybridized carbons (Fsp3) is 0.409. The van der Waals surface area contributed by atoms with Gasteiger partial charge in [-0.3, -0.25) is 9.69 Å². The van der Waals surface area contributed by atoms with Crippen LogP contribution in [-0.4, -0.2) is 47.8 Å². The van der Waals surface area contributed by atoms with Crippen molar-refractivity contribution < 1.29 is 18.7 Å². The average molecular weight is 386 g/mol. The topological polar surface area (TPSA) is 43.8 Å². The van der Waals surface area contributed by atoms with Crippen LogP contribution in [0, 0.1) is 12.7 Å². The Balaban J connectivity index is 1.44. The largest absolute Gasteiger partial charge is 0.508 e. The maximum atomic E-state index is 14.9. The number of hydrogen-bond donors (Lipinski definition) is 1. The minimum Gasteiger partial charge on any atom is -0.508 e. The van der Waals surface area contributed by atoms with E-state index >= 15 is 0 Å². The van der Waals surface area contributed by atoms with Crippen LogP contribution in [0.5, 0.6) is 5.75 Å². The summed E-state index contributed by atoms with van der Waals surface area (Å²) < 4.78 is 28.8.